The molecule has 1 aliphatic heterocycles. The molecule has 84 valence electrons. The maximum Gasteiger partial charge on any atom is 0.303 e. The van der Waals surface area contributed by atoms with Crippen molar-refractivity contribution in [1.82, 2.24) is 0 Å². The number of aliphatic imine (C=N–C) groups is 1. The Hall–Kier alpha value is -1.12. The van der Waals surface area contributed by atoms with Crippen molar-refractivity contribution < 1.29 is 9.53 Å². The van der Waals surface area contributed by atoms with Crippen LogP contribution < -0.4 is 0 Å². The summed E-state index contributed by atoms with van der Waals surface area (Å²) in [6.07, 6.45) is 4.25. The van der Waals surface area contributed by atoms with Crippen molar-refractivity contribution in [3.8, 4) is 0 Å². The molecule has 1 heterocycles. The lowest BCUT2D eigenvalue weighted by molar-refractivity contribution is -0.139. The van der Waals surface area contributed by atoms with Crippen molar-refractivity contribution in [3.63, 3.8) is 0 Å². The first kappa shape index (κ1) is 12.0. The summed E-state index contributed by atoms with van der Waals surface area (Å²) in [6.45, 7) is 8.06. The van der Waals surface area contributed by atoms with Gasteiger partial charge in [0.15, 0.2) is 0 Å². The van der Waals surface area contributed by atoms with Crippen LogP contribution in [0.15, 0.2) is 16.6 Å². The third-order valence-electron chi connectivity index (χ3n) is 2.55. The molecule has 0 fully saturated rings. The normalized spacial score (nSPS) is 23.1. The van der Waals surface area contributed by atoms with Crippen LogP contribution in [0.4, 0.5) is 0 Å². The van der Waals surface area contributed by atoms with Crippen molar-refractivity contribution >= 4 is 11.7 Å². The Kier molecular flexibility index (Phi) is 3.66. The van der Waals surface area contributed by atoms with E-state index in [1.165, 1.54) is 12.5 Å². The summed E-state index contributed by atoms with van der Waals surface area (Å²) in [6, 6.07) is 0. The van der Waals surface area contributed by atoms with Crippen LogP contribution in [0, 0.1) is 0 Å². The Morgan fingerprint density at radius 2 is 2.13 bits per heavy atom. The Morgan fingerprint density at radius 3 is 2.67 bits per heavy atom. The van der Waals surface area contributed by atoms with E-state index in [2.05, 4.69) is 31.8 Å². The maximum atomic E-state index is 10.6. The van der Waals surface area contributed by atoms with Crippen LogP contribution in [0.5, 0.6) is 0 Å². The smallest absolute Gasteiger partial charge is 0.303 e. The molecule has 0 aromatic carbocycles. The number of ether oxygens (including phenoxy) is 1. The summed E-state index contributed by atoms with van der Waals surface area (Å²) in [5, 5.41) is 0. The third kappa shape index (κ3) is 3.86. The van der Waals surface area contributed by atoms with Gasteiger partial charge in [0.2, 0.25) is 0 Å². The molecule has 1 rings (SSSR count). The first-order valence-corrected chi connectivity index (χ1v) is 5.30. The second-order valence-corrected chi connectivity index (χ2v) is 4.43. The van der Waals surface area contributed by atoms with Crippen LogP contribution in [0.25, 0.3) is 0 Å². The fourth-order valence-corrected chi connectivity index (χ4v) is 1.47. The van der Waals surface area contributed by atoms with Gasteiger partial charge in [0.1, 0.15) is 6.61 Å². The number of nitrogens with zero attached hydrogens (tertiary/aromatic N) is 1. The highest BCUT2D eigenvalue weighted by Gasteiger charge is 2.41. The molecular weight excluding hydrogens is 190 g/mol. The van der Waals surface area contributed by atoms with E-state index < -0.39 is 0 Å². The van der Waals surface area contributed by atoms with Crippen LogP contribution in [-0.2, 0) is 9.53 Å². The summed E-state index contributed by atoms with van der Waals surface area (Å²) >= 11 is 0. The van der Waals surface area contributed by atoms with E-state index in [-0.39, 0.29) is 11.5 Å². The number of carbonyl (C=O) groups excluding carboxylic acids is 1. The average molecular weight is 209 g/mol. The topological polar surface area (TPSA) is 38.7 Å². The highest BCUT2D eigenvalue weighted by atomic mass is 16.5. The Balaban J connectivity index is 2.23. The predicted molar refractivity (Wildman–Crippen MR) is 61.1 cm³/mol. The van der Waals surface area contributed by atoms with E-state index in [4.69, 9.17) is 4.74 Å². The van der Waals surface area contributed by atoms with Crippen molar-refractivity contribution in [2.75, 3.05) is 6.61 Å². The molecule has 1 atom stereocenters. The summed E-state index contributed by atoms with van der Waals surface area (Å²) in [5.74, 6) is -0.240. The van der Waals surface area contributed by atoms with Gasteiger partial charge in [-0.3, -0.25) is 9.79 Å². The Labute approximate surface area is 91.2 Å². The minimum Gasteiger partial charge on any atom is -0.460 e. The lowest BCUT2D eigenvalue weighted by Crippen LogP contribution is -2.18. The molecule has 0 N–H and O–H groups in total. The molecule has 0 bridgehead atoms. The molecule has 0 aromatic rings. The quantitative estimate of drug-likeness (QED) is 0.515. The third-order valence-corrected chi connectivity index (χ3v) is 2.55. The molecule has 0 saturated heterocycles. The van der Waals surface area contributed by atoms with Gasteiger partial charge in [0.25, 0.3) is 0 Å². The van der Waals surface area contributed by atoms with Crippen molar-refractivity contribution in [1.29, 1.82) is 0 Å². The number of rotatable bonds is 5. The fraction of sp³-hybridized carbons (Fsp3) is 0.667. The minimum absolute atomic E-state index is 0.0403. The highest BCUT2D eigenvalue weighted by Crippen LogP contribution is 2.32. The van der Waals surface area contributed by atoms with Crippen LogP contribution in [0.1, 0.15) is 40.5 Å². The maximum absolute atomic E-state index is 10.6. The monoisotopic (exact) mass is 209 g/mol. The van der Waals surface area contributed by atoms with Gasteiger partial charge in [0.05, 0.1) is 11.3 Å². The Bertz CT molecular complexity index is 314. The lowest BCUT2D eigenvalue weighted by Gasteiger charge is -2.07. The van der Waals surface area contributed by atoms with Gasteiger partial charge in [-0.2, -0.15) is 0 Å². The van der Waals surface area contributed by atoms with E-state index >= 15 is 0 Å². The first-order valence-electron chi connectivity index (χ1n) is 5.30. The first-order chi connectivity index (χ1) is 6.94. The summed E-state index contributed by atoms with van der Waals surface area (Å²) in [4.78, 5) is 15.0. The van der Waals surface area contributed by atoms with E-state index in [9.17, 15) is 4.79 Å². The van der Waals surface area contributed by atoms with Gasteiger partial charge in [-0.1, -0.05) is 11.6 Å². The summed E-state index contributed by atoms with van der Waals surface area (Å²) in [5.41, 5.74) is 2.31. The number of allylic oxidation sites excluding steroid dienone is 2. The van der Waals surface area contributed by atoms with Gasteiger partial charge in [-0.05, 0) is 33.6 Å². The van der Waals surface area contributed by atoms with Crippen molar-refractivity contribution in [2.45, 2.75) is 46.1 Å². The lowest BCUT2D eigenvalue weighted by atomic mass is 9.99. The summed E-state index contributed by atoms with van der Waals surface area (Å²) < 4.78 is 4.90. The van der Waals surface area contributed by atoms with Crippen LogP contribution in [0.3, 0.4) is 0 Å². The van der Waals surface area contributed by atoms with E-state index in [1.807, 2.05) is 0 Å². The average Bonchev–Trinajstić information content (AvgIpc) is 2.73. The van der Waals surface area contributed by atoms with E-state index in [1.54, 1.807) is 0 Å². The molecule has 0 radical (unpaired) electrons. The molecule has 15 heavy (non-hydrogen) atoms. The van der Waals surface area contributed by atoms with Gasteiger partial charge in [0, 0.05) is 6.92 Å². The van der Waals surface area contributed by atoms with Gasteiger partial charge >= 0.3 is 5.97 Å². The van der Waals surface area contributed by atoms with E-state index in [0.29, 0.717) is 6.61 Å². The number of hydrogen-bond donors (Lipinski definition) is 0. The molecule has 3 heteroatoms. The highest BCUT2D eigenvalue weighted by molar-refractivity contribution is 6.06. The van der Waals surface area contributed by atoms with Gasteiger partial charge in [-0.15, -0.1) is 0 Å². The van der Waals surface area contributed by atoms with Gasteiger partial charge in [-0.25, -0.2) is 0 Å². The standard InChI is InChI=1S/C12H19NO2/c1-9(2)6-5-7-12(4)11(13-12)8-15-10(3)14/h6H,5,7-8H2,1-4H3. The molecule has 1 unspecified atom stereocenters. The predicted octanol–water partition coefficient (Wildman–Crippen LogP) is 2.51. The van der Waals surface area contributed by atoms with E-state index in [0.717, 1.165) is 18.6 Å². The van der Waals surface area contributed by atoms with Crippen LogP contribution >= 0.6 is 0 Å². The van der Waals surface area contributed by atoms with Crippen molar-refractivity contribution in [3.05, 3.63) is 11.6 Å². The van der Waals surface area contributed by atoms with Crippen molar-refractivity contribution in [2.24, 2.45) is 4.99 Å². The largest absolute Gasteiger partial charge is 0.460 e. The fourth-order valence-electron chi connectivity index (χ4n) is 1.47. The number of hydrogen-bond acceptors (Lipinski definition) is 3. The zero-order chi connectivity index (χ0) is 11.5. The number of esters is 1. The SMILES string of the molecule is CC(=O)OCC1=NC1(C)CCC=C(C)C. The zero-order valence-corrected chi connectivity index (χ0v) is 9.96. The summed E-state index contributed by atoms with van der Waals surface area (Å²) in [7, 11) is 0. The molecule has 0 aromatic heterocycles. The van der Waals surface area contributed by atoms with Crippen LogP contribution in [-0.4, -0.2) is 23.8 Å². The molecular formula is C12H19NO2. The molecule has 1 aliphatic rings. The second kappa shape index (κ2) is 4.60. The molecule has 0 spiro atoms. The Morgan fingerprint density at radius 1 is 1.47 bits per heavy atom. The number of carbonyl (C=O) groups is 1. The van der Waals surface area contributed by atoms with Gasteiger partial charge < -0.3 is 4.74 Å². The molecule has 0 aliphatic carbocycles. The molecule has 3 nitrogen and oxygen atoms in total. The molecule has 0 saturated carbocycles. The second-order valence-electron chi connectivity index (χ2n) is 4.43. The zero-order valence-electron chi connectivity index (χ0n) is 9.96. The molecule has 0 amide bonds. The minimum atomic E-state index is -0.240. The van der Waals surface area contributed by atoms with Crippen LogP contribution in [0.2, 0.25) is 0 Å².